The summed E-state index contributed by atoms with van der Waals surface area (Å²) in [6.07, 6.45) is 0. The van der Waals surface area contributed by atoms with Crippen LogP contribution in [0.1, 0.15) is 27.7 Å². The zero-order chi connectivity index (χ0) is 14.5. The summed E-state index contributed by atoms with van der Waals surface area (Å²) in [5.74, 6) is 0.134. The Hall–Kier alpha value is -1.07. The van der Waals surface area contributed by atoms with E-state index in [1.807, 2.05) is 0 Å². The van der Waals surface area contributed by atoms with Gasteiger partial charge >= 0.3 is 0 Å². The predicted molar refractivity (Wildman–Crippen MR) is 80.4 cm³/mol. The molecule has 0 saturated heterocycles. The lowest BCUT2D eigenvalue weighted by Crippen LogP contribution is -2.38. The Morgan fingerprint density at radius 2 is 1.63 bits per heavy atom. The molecule has 1 aromatic carbocycles. The van der Waals surface area contributed by atoms with E-state index in [2.05, 4.69) is 31.4 Å². The highest BCUT2D eigenvalue weighted by molar-refractivity contribution is 7.91. The Kier molecular flexibility index (Phi) is 5.38. The molecule has 0 aromatic heterocycles. The first-order valence-electron chi connectivity index (χ1n) is 6.56. The van der Waals surface area contributed by atoms with E-state index >= 15 is 0 Å². The zero-order valence-corrected chi connectivity index (χ0v) is 13.0. The summed E-state index contributed by atoms with van der Waals surface area (Å²) in [4.78, 5) is 0.383. The molecular formula is C14H24N2O2S. The summed E-state index contributed by atoms with van der Waals surface area (Å²) in [5, 5.41) is 6.64. The van der Waals surface area contributed by atoms with Crippen molar-refractivity contribution in [2.75, 3.05) is 24.2 Å². The van der Waals surface area contributed by atoms with Crippen LogP contribution in [-0.4, -0.2) is 32.8 Å². The summed E-state index contributed by atoms with van der Waals surface area (Å²) in [7, 11) is -3.10. The molecule has 19 heavy (non-hydrogen) atoms. The number of hydrogen-bond donors (Lipinski definition) is 2. The third-order valence-corrected chi connectivity index (χ3v) is 4.45. The van der Waals surface area contributed by atoms with Gasteiger partial charge in [-0.1, -0.05) is 6.92 Å². The van der Waals surface area contributed by atoms with Crippen molar-refractivity contribution in [1.82, 2.24) is 5.32 Å². The van der Waals surface area contributed by atoms with Gasteiger partial charge in [0.1, 0.15) is 0 Å². The Balaban J connectivity index is 2.50. The molecule has 0 aliphatic carbocycles. The van der Waals surface area contributed by atoms with Gasteiger partial charge in [-0.25, -0.2) is 8.42 Å². The van der Waals surface area contributed by atoms with Crippen molar-refractivity contribution in [3.63, 3.8) is 0 Å². The van der Waals surface area contributed by atoms with Crippen molar-refractivity contribution in [2.45, 2.75) is 38.1 Å². The largest absolute Gasteiger partial charge is 0.384 e. The summed E-state index contributed by atoms with van der Waals surface area (Å²) < 4.78 is 23.3. The lowest BCUT2D eigenvalue weighted by atomic mass is 10.1. The van der Waals surface area contributed by atoms with Gasteiger partial charge in [0.2, 0.25) is 0 Å². The SMILES string of the molecule is CCS(=O)(=O)c1ccc(NCCNC(C)(C)C)cc1. The average Bonchev–Trinajstić information content (AvgIpc) is 2.34. The van der Waals surface area contributed by atoms with E-state index in [9.17, 15) is 8.42 Å². The van der Waals surface area contributed by atoms with Crippen LogP contribution in [0.25, 0.3) is 0 Å². The minimum Gasteiger partial charge on any atom is -0.384 e. The maximum absolute atomic E-state index is 11.7. The highest BCUT2D eigenvalue weighted by atomic mass is 32.2. The van der Waals surface area contributed by atoms with Gasteiger partial charge in [-0.15, -0.1) is 0 Å². The normalized spacial score (nSPS) is 12.4. The summed E-state index contributed by atoms with van der Waals surface area (Å²) in [6, 6.07) is 6.91. The molecule has 0 heterocycles. The Morgan fingerprint density at radius 1 is 1.05 bits per heavy atom. The van der Waals surface area contributed by atoms with E-state index in [4.69, 9.17) is 0 Å². The zero-order valence-electron chi connectivity index (χ0n) is 12.2. The van der Waals surface area contributed by atoms with Crippen LogP contribution in [0.2, 0.25) is 0 Å². The van der Waals surface area contributed by atoms with E-state index < -0.39 is 9.84 Å². The molecule has 0 aliphatic rings. The van der Waals surface area contributed by atoms with Crippen LogP contribution in [0.15, 0.2) is 29.2 Å². The molecule has 0 fully saturated rings. The van der Waals surface area contributed by atoms with Crippen LogP contribution in [0.4, 0.5) is 5.69 Å². The van der Waals surface area contributed by atoms with E-state index in [0.717, 1.165) is 18.8 Å². The molecule has 0 bridgehead atoms. The van der Waals surface area contributed by atoms with E-state index in [-0.39, 0.29) is 11.3 Å². The highest BCUT2D eigenvalue weighted by Gasteiger charge is 2.10. The Labute approximate surface area is 116 Å². The number of benzene rings is 1. The smallest absolute Gasteiger partial charge is 0.178 e. The Bertz CT molecular complexity index is 487. The van der Waals surface area contributed by atoms with E-state index in [1.54, 1.807) is 31.2 Å². The minimum absolute atomic E-state index is 0.112. The fourth-order valence-electron chi connectivity index (χ4n) is 1.59. The third-order valence-electron chi connectivity index (χ3n) is 2.70. The van der Waals surface area contributed by atoms with Crippen molar-refractivity contribution in [2.24, 2.45) is 0 Å². The van der Waals surface area contributed by atoms with Gasteiger partial charge in [-0.2, -0.15) is 0 Å². The van der Waals surface area contributed by atoms with Gasteiger partial charge < -0.3 is 10.6 Å². The summed E-state index contributed by atoms with van der Waals surface area (Å²) >= 11 is 0. The molecular weight excluding hydrogens is 260 g/mol. The van der Waals surface area contributed by atoms with Gasteiger partial charge in [0.15, 0.2) is 9.84 Å². The van der Waals surface area contributed by atoms with Gasteiger partial charge in [0.05, 0.1) is 10.6 Å². The minimum atomic E-state index is -3.10. The molecule has 0 aliphatic heterocycles. The fourth-order valence-corrected chi connectivity index (χ4v) is 2.48. The average molecular weight is 284 g/mol. The van der Waals surface area contributed by atoms with Crippen LogP contribution >= 0.6 is 0 Å². The molecule has 0 radical (unpaired) electrons. The summed E-state index contributed by atoms with van der Waals surface area (Å²) in [5.41, 5.74) is 1.05. The topological polar surface area (TPSA) is 58.2 Å². The van der Waals surface area contributed by atoms with Crippen molar-refractivity contribution in [1.29, 1.82) is 0 Å². The summed E-state index contributed by atoms with van der Waals surface area (Å²) in [6.45, 7) is 9.68. The number of nitrogens with one attached hydrogen (secondary N) is 2. The first kappa shape index (κ1) is 16.0. The van der Waals surface area contributed by atoms with Crippen molar-refractivity contribution >= 4 is 15.5 Å². The van der Waals surface area contributed by atoms with Crippen LogP contribution in [0.5, 0.6) is 0 Å². The molecule has 0 amide bonds. The van der Waals surface area contributed by atoms with Crippen LogP contribution in [-0.2, 0) is 9.84 Å². The number of rotatable bonds is 6. The van der Waals surface area contributed by atoms with Gasteiger partial charge in [-0.3, -0.25) is 0 Å². The number of hydrogen-bond acceptors (Lipinski definition) is 4. The molecule has 1 aromatic rings. The molecule has 0 unspecified atom stereocenters. The third kappa shape index (κ3) is 5.61. The molecule has 1 rings (SSSR count). The van der Waals surface area contributed by atoms with Crippen LogP contribution < -0.4 is 10.6 Å². The van der Waals surface area contributed by atoms with Gasteiger partial charge in [0.25, 0.3) is 0 Å². The predicted octanol–water partition coefficient (Wildman–Crippen LogP) is 2.28. The van der Waals surface area contributed by atoms with Crippen LogP contribution in [0.3, 0.4) is 0 Å². The first-order chi connectivity index (χ1) is 8.74. The highest BCUT2D eigenvalue weighted by Crippen LogP contribution is 2.15. The van der Waals surface area contributed by atoms with Gasteiger partial charge in [-0.05, 0) is 45.0 Å². The van der Waals surface area contributed by atoms with Crippen molar-refractivity contribution < 1.29 is 8.42 Å². The Morgan fingerprint density at radius 3 is 2.11 bits per heavy atom. The second-order valence-electron chi connectivity index (χ2n) is 5.53. The maximum Gasteiger partial charge on any atom is 0.178 e. The molecule has 4 nitrogen and oxygen atoms in total. The monoisotopic (exact) mass is 284 g/mol. The van der Waals surface area contributed by atoms with Crippen LogP contribution in [0, 0.1) is 0 Å². The second kappa shape index (κ2) is 6.39. The lowest BCUT2D eigenvalue weighted by molar-refractivity contribution is 0.435. The quantitative estimate of drug-likeness (QED) is 0.787. The van der Waals surface area contributed by atoms with Gasteiger partial charge in [0, 0.05) is 24.3 Å². The molecule has 0 atom stereocenters. The van der Waals surface area contributed by atoms with Crippen molar-refractivity contribution in [3.05, 3.63) is 24.3 Å². The number of anilines is 1. The van der Waals surface area contributed by atoms with Crippen molar-refractivity contribution in [3.8, 4) is 0 Å². The molecule has 0 spiro atoms. The first-order valence-corrected chi connectivity index (χ1v) is 8.21. The standard InChI is InChI=1S/C14H24N2O2S/c1-5-19(17,18)13-8-6-12(7-9-13)15-10-11-16-14(2,3)4/h6-9,15-16H,5,10-11H2,1-4H3. The van der Waals surface area contributed by atoms with E-state index in [0.29, 0.717) is 4.90 Å². The number of sulfone groups is 1. The van der Waals surface area contributed by atoms with E-state index in [1.165, 1.54) is 0 Å². The fraction of sp³-hybridized carbons (Fsp3) is 0.571. The lowest BCUT2D eigenvalue weighted by Gasteiger charge is -2.20. The molecule has 2 N–H and O–H groups in total. The maximum atomic E-state index is 11.7. The molecule has 108 valence electrons. The second-order valence-corrected chi connectivity index (χ2v) is 7.81. The molecule has 0 saturated carbocycles. The molecule has 5 heteroatoms.